The Morgan fingerprint density at radius 2 is 1.79 bits per heavy atom. The summed E-state index contributed by atoms with van der Waals surface area (Å²) in [6, 6.07) is 14.6. The van der Waals surface area contributed by atoms with Crippen molar-refractivity contribution < 1.29 is 14.7 Å². The van der Waals surface area contributed by atoms with E-state index in [0.29, 0.717) is 31.4 Å². The van der Waals surface area contributed by atoms with E-state index in [1.165, 1.54) is 11.1 Å². The van der Waals surface area contributed by atoms with Crippen molar-refractivity contribution in [1.82, 2.24) is 10.6 Å². The molecule has 3 atom stereocenters. The van der Waals surface area contributed by atoms with E-state index in [-0.39, 0.29) is 17.7 Å². The molecule has 1 fully saturated rings. The molecule has 0 aromatic heterocycles. The molecule has 0 bridgehead atoms. The van der Waals surface area contributed by atoms with E-state index in [0.717, 1.165) is 5.56 Å². The fourth-order valence-corrected chi connectivity index (χ4v) is 3.72. The molecule has 3 rings (SSSR count). The van der Waals surface area contributed by atoms with E-state index >= 15 is 0 Å². The lowest BCUT2D eigenvalue weighted by atomic mass is 9.83. The minimum absolute atomic E-state index is 0.0215. The summed E-state index contributed by atoms with van der Waals surface area (Å²) in [6.07, 6.45) is 0.938. The summed E-state index contributed by atoms with van der Waals surface area (Å²) in [5, 5.41) is 16.2. The van der Waals surface area contributed by atoms with Gasteiger partial charge < -0.3 is 15.7 Å². The van der Waals surface area contributed by atoms with E-state index in [1.54, 1.807) is 24.3 Å². The standard InChI is InChI=1S/C23H28N2O3/c1-15-7-6-10-19(16(15)2)14-24-22(27)18-11-12-21(26)20(13-18)25-23(28)17-8-4-3-5-9-17/h3-10,18,20-21,26H,11-14H2,1-2H3,(H,24,27)(H,25,28)/t18-,20+,21+/m0/s1. The van der Waals surface area contributed by atoms with Gasteiger partial charge in [-0.05, 0) is 61.9 Å². The molecule has 0 radical (unpaired) electrons. The first kappa shape index (κ1) is 20.1. The van der Waals surface area contributed by atoms with E-state index in [4.69, 9.17) is 0 Å². The number of amides is 2. The predicted molar refractivity (Wildman–Crippen MR) is 109 cm³/mol. The third-order valence-corrected chi connectivity index (χ3v) is 5.71. The molecule has 148 valence electrons. The van der Waals surface area contributed by atoms with Crippen LogP contribution in [-0.2, 0) is 11.3 Å². The molecule has 2 aromatic carbocycles. The van der Waals surface area contributed by atoms with Crippen molar-refractivity contribution in [1.29, 1.82) is 0 Å². The molecule has 5 nitrogen and oxygen atoms in total. The van der Waals surface area contributed by atoms with Crippen LogP contribution in [0, 0.1) is 19.8 Å². The molecule has 2 amide bonds. The SMILES string of the molecule is Cc1cccc(CNC(=O)[C@H]2CC[C@@H](O)[C@H](NC(=O)c3ccccc3)C2)c1C. The molecule has 1 saturated carbocycles. The fraction of sp³-hybridized carbons (Fsp3) is 0.391. The molecule has 28 heavy (non-hydrogen) atoms. The largest absolute Gasteiger partial charge is 0.391 e. The van der Waals surface area contributed by atoms with Crippen LogP contribution in [0.15, 0.2) is 48.5 Å². The maximum Gasteiger partial charge on any atom is 0.251 e. The molecule has 5 heteroatoms. The third kappa shape index (κ3) is 4.78. The van der Waals surface area contributed by atoms with Gasteiger partial charge in [-0.3, -0.25) is 9.59 Å². The smallest absolute Gasteiger partial charge is 0.251 e. The first-order chi connectivity index (χ1) is 13.5. The molecular weight excluding hydrogens is 352 g/mol. The average Bonchev–Trinajstić information content (AvgIpc) is 2.71. The van der Waals surface area contributed by atoms with Crippen LogP contribution < -0.4 is 10.6 Å². The summed E-state index contributed by atoms with van der Waals surface area (Å²) < 4.78 is 0. The predicted octanol–water partition coefficient (Wildman–Crippen LogP) is 2.88. The van der Waals surface area contributed by atoms with Crippen LogP contribution in [0.2, 0.25) is 0 Å². The van der Waals surface area contributed by atoms with E-state index < -0.39 is 12.1 Å². The van der Waals surface area contributed by atoms with Crippen LogP contribution in [0.5, 0.6) is 0 Å². The van der Waals surface area contributed by atoms with Crippen LogP contribution in [0.25, 0.3) is 0 Å². The second-order valence-corrected chi connectivity index (χ2v) is 7.60. The summed E-state index contributed by atoms with van der Waals surface area (Å²) in [6.45, 7) is 4.61. The second kappa shape index (κ2) is 9.02. The van der Waals surface area contributed by atoms with Gasteiger partial charge in [0.15, 0.2) is 0 Å². The zero-order valence-corrected chi connectivity index (χ0v) is 16.4. The lowest BCUT2D eigenvalue weighted by Gasteiger charge is -2.33. The number of rotatable bonds is 5. The minimum atomic E-state index is -0.629. The first-order valence-electron chi connectivity index (χ1n) is 9.82. The number of carbonyl (C=O) groups is 2. The van der Waals surface area contributed by atoms with Crippen LogP contribution in [0.4, 0.5) is 0 Å². The van der Waals surface area contributed by atoms with E-state index in [9.17, 15) is 14.7 Å². The molecular formula is C23H28N2O3. The van der Waals surface area contributed by atoms with Crippen molar-refractivity contribution in [3.05, 3.63) is 70.8 Å². The highest BCUT2D eigenvalue weighted by Crippen LogP contribution is 2.25. The minimum Gasteiger partial charge on any atom is -0.391 e. The Morgan fingerprint density at radius 3 is 2.54 bits per heavy atom. The second-order valence-electron chi connectivity index (χ2n) is 7.60. The van der Waals surface area contributed by atoms with Crippen LogP contribution in [0.1, 0.15) is 46.3 Å². The number of carbonyl (C=O) groups excluding carboxylic acids is 2. The summed E-state index contributed by atoms with van der Waals surface area (Å²) >= 11 is 0. The van der Waals surface area contributed by atoms with Gasteiger partial charge in [0.25, 0.3) is 5.91 Å². The number of nitrogens with one attached hydrogen (secondary N) is 2. The Kier molecular flexibility index (Phi) is 6.47. The topological polar surface area (TPSA) is 78.4 Å². The highest BCUT2D eigenvalue weighted by atomic mass is 16.3. The molecule has 0 spiro atoms. The molecule has 0 aliphatic heterocycles. The van der Waals surface area contributed by atoms with E-state index in [2.05, 4.69) is 30.5 Å². The van der Waals surface area contributed by atoms with Crippen molar-refractivity contribution in [2.24, 2.45) is 5.92 Å². The number of hydrogen-bond acceptors (Lipinski definition) is 3. The average molecular weight is 380 g/mol. The van der Waals surface area contributed by atoms with Gasteiger partial charge in [-0.15, -0.1) is 0 Å². The number of aliphatic hydroxyl groups excluding tert-OH is 1. The third-order valence-electron chi connectivity index (χ3n) is 5.71. The molecule has 2 aromatic rings. The number of benzene rings is 2. The van der Waals surface area contributed by atoms with Gasteiger partial charge in [-0.2, -0.15) is 0 Å². The van der Waals surface area contributed by atoms with Crippen molar-refractivity contribution >= 4 is 11.8 Å². The molecule has 3 N–H and O–H groups in total. The van der Waals surface area contributed by atoms with Gasteiger partial charge in [-0.1, -0.05) is 36.4 Å². The first-order valence-corrected chi connectivity index (χ1v) is 9.82. The van der Waals surface area contributed by atoms with Crippen LogP contribution >= 0.6 is 0 Å². The zero-order valence-electron chi connectivity index (χ0n) is 16.4. The van der Waals surface area contributed by atoms with Gasteiger partial charge in [0.1, 0.15) is 0 Å². The number of hydrogen-bond donors (Lipinski definition) is 3. The van der Waals surface area contributed by atoms with Crippen molar-refractivity contribution in [3.63, 3.8) is 0 Å². The van der Waals surface area contributed by atoms with Crippen molar-refractivity contribution in [2.75, 3.05) is 0 Å². The monoisotopic (exact) mass is 380 g/mol. The van der Waals surface area contributed by atoms with Gasteiger partial charge >= 0.3 is 0 Å². The van der Waals surface area contributed by atoms with Gasteiger partial charge in [0, 0.05) is 18.0 Å². The summed E-state index contributed by atoms with van der Waals surface area (Å²) in [5.74, 6) is -0.456. The van der Waals surface area contributed by atoms with Crippen molar-refractivity contribution in [3.8, 4) is 0 Å². The van der Waals surface area contributed by atoms with Gasteiger partial charge in [0.05, 0.1) is 12.1 Å². The Bertz CT molecular complexity index is 835. The Balaban J connectivity index is 1.58. The summed E-state index contributed by atoms with van der Waals surface area (Å²) in [5.41, 5.74) is 4.06. The molecule has 0 heterocycles. The fourth-order valence-electron chi connectivity index (χ4n) is 3.72. The van der Waals surface area contributed by atoms with Gasteiger partial charge in [0.2, 0.25) is 5.91 Å². The van der Waals surface area contributed by atoms with Crippen LogP contribution in [0.3, 0.4) is 0 Å². The normalized spacial score (nSPS) is 21.8. The lowest BCUT2D eigenvalue weighted by molar-refractivity contribution is -0.127. The molecule has 0 unspecified atom stereocenters. The Hall–Kier alpha value is -2.66. The quantitative estimate of drug-likeness (QED) is 0.746. The summed E-state index contributed by atoms with van der Waals surface area (Å²) in [7, 11) is 0. The number of aryl methyl sites for hydroxylation is 1. The van der Waals surface area contributed by atoms with Crippen molar-refractivity contribution in [2.45, 2.75) is 51.8 Å². The van der Waals surface area contributed by atoms with E-state index in [1.807, 2.05) is 18.2 Å². The molecule has 1 aliphatic rings. The summed E-state index contributed by atoms with van der Waals surface area (Å²) in [4.78, 5) is 25.1. The molecule has 1 aliphatic carbocycles. The highest BCUT2D eigenvalue weighted by Gasteiger charge is 2.33. The van der Waals surface area contributed by atoms with Crippen LogP contribution in [-0.4, -0.2) is 29.1 Å². The highest BCUT2D eigenvalue weighted by molar-refractivity contribution is 5.94. The zero-order chi connectivity index (χ0) is 20.1. The Labute approximate surface area is 166 Å². The number of aliphatic hydroxyl groups is 1. The maximum absolute atomic E-state index is 12.7. The Morgan fingerprint density at radius 1 is 1.04 bits per heavy atom. The molecule has 0 saturated heterocycles. The van der Waals surface area contributed by atoms with Gasteiger partial charge in [-0.25, -0.2) is 0 Å². The maximum atomic E-state index is 12.7. The lowest BCUT2D eigenvalue weighted by Crippen LogP contribution is -2.49.